The Morgan fingerprint density at radius 1 is 1.42 bits per heavy atom. The van der Waals surface area contributed by atoms with Crippen molar-refractivity contribution in [3.8, 4) is 0 Å². The summed E-state index contributed by atoms with van der Waals surface area (Å²) in [6.45, 7) is 0.802. The molecule has 0 spiro atoms. The molecule has 0 radical (unpaired) electrons. The van der Waals surface area contributed by atoms with Gasteiger partial charge in [0, 0.05) is 24.2 Å². The number of thiol groups is 1. The van der Waals surface area contributed by atoms with Gasteiger partial charge >= 0.3 is 0 Å². The Labute approximate surface area is 78.2 Å². The number of aliphatic hydroxyl groups is 1. The lowest BCUT2D eigenvalue weighted by Crippen LogP contribution is -2.21. The average molecular weight is 183 g/mol. The molecule has 12 heavy (non-hydrogen) atoms. The van der Waals surface area contributed by atoms with E-state index in [9.17, 15) is 0 Å². The highest BCUT2D eigenvalue weighted by molar-refractivity contribution is 7.80. The van der Waals surface area contributed by atoms with Gasteiger partial charge in [-0.15, -0.1) is 12.6 Å². The normalized spacial score (nSPS) is 9.92. The van der Waals surface area contributed by atoms with Crippen molar-refractivity contribution >= 4 is 18.3 Å². The Hall–Kier alpha value is -0.670. The monoisotopic (exact) mass is 183 g/mol. The van der Waals surface area contributed by atoms with Crippen molar-refractivity contribution in [1.82, 2.24) is 0 Å². The number of para-hydroxylation sites is 1. The summed E-state index contributed by atoms with van der Waals surface area (Å²) in [4.78, 5) is 2.91. The highest BCUT2D eigenvalue weighted by Gasteiger charge is 2.01. The zero-order valence-electron chi connectivity index (χ0n) is 7.07. The van der Waals surface area contributed by atoms with E-state index in [4.69, 9.17) is 5.11 Å². The van der Waals surface area contributed by atoms with Crippen LogP contribution in [0.25, 0.3) is 0 Å². The van der Waals surface area contributed by atoms with Gasteiger partial charge in [-0.3, -0.25) is 0 Å². The van der Waals surface area contributed by atoms with Crippen molar-refractivity contribution in [2.24, 2.45) is 0 Å². The van der Waals surface area contributed by atoms with Crippen LogP contribution in [-0.4, -0.2) is 25.3 Å². The van der Waals surface area contributed by atoms with Gasteiger partial charge in [0.15, 0.2) is 0 Å². The molecule has 0 amide bonds. The van der Waals surface area contributed by atoms with Gasteiger partial charge in [-0.05, 0) is 12.1 Å². The minimum absolute atomic E-state index is 0.165. The maximum Gasteiger partial charge on any atom is 0.0606 e. The molecule has 1 aromatic rings. The van der Waals surface area contributed by atoms with Crippen LogP contribution in [0.3, 0.4) is 0 Å². The first-order valence-electron chi connectivity index (χ1n) is 3.85. The molecule has 0 atom stereocenters. The van der Waals surface area contributed by atoms with Crippen LogP contribution in [0.2, 0.25) is 0 Å². The minimum atomic E-state index is 0.165. The van der Waals surface area contributed by atoms with Gasteiger partial charge in [-0.2, -0.15) is 0 Å². The highest BCUT2D eigenvalue weighted by Crippen LogP contribution is 2.21. The van der Waals surface area contributed by atoms with Crippen LogP contribution >= 0.6 is 12.6 Å². The smallest absolute Gasteiger partial charge is 0.0606 e. The predicted molar refractivity (Wildman–Crippen MR) is 54.0 cm³/mol. The van der Waals surface area contributed by atoms with Crippen LogP contribution in [0, 0.1) is 0 Å². The van der Waals surface area contributed by atoms with Gasteiger partial charge in [0.25, 0.3) is 0 Å². The molecule has 0 saturated heterocycles. The summed E-state index contributed by atoms with van der Waals surface area (Å²) in [5.41, 5.74) is 1.05. The van der Waals surface area contributed by atoms with Gasteiger partial charge < -0.3 is 10.0 Å². The van der Waals surface area contributed by atoms with Gasteiger partial charge in [0.05, 0.1) is 6.61 Å². The number of likely N-dealkylation sites (N-methyl/N-ethyl adjacent to an activating group) is 1. The summed E-state index contributed by atoms with van der Waals surface area (Å²) < 4.78 is 0. The van der Waals surface area contributed by atoms with E-state index in [2.05, 4.69) is 12.6 Å². The molecule has 0 aliphatic carbocycles. The summed E-state index contributed by atoms with van der Waals surface area (Å²) in [5.74, 6) is 0. The molecule has 0 bridgehead atoms. The molecule has 0 aliphatic heterocycles. The lowest BCUT2D eigenvalue weighted by atomic mass is 10.3. The van der Waals surface area contributed by atoms with Crippen molar-refractivity contribution in [2.45, 2.75) is 4.90 Å². The lowest BCUT2D eigenvalue weighted by molar-refractivity contribution is 0.304. The summed E-state index contributed by atoms with van der Waals surface area (Å²) in [6, 6.07) is 7.83. The zero-order chi connectivity index (χ0) is 8.97. The molecular weight excluding hydrogens is 170 g/mol. The second-order valence-electron chi connectivity index (χ2n) is 2.63. The molecule has 0 aliphatic rings. The van der Waals surface area contributed by atoms with Crippen LogP contribution in [0.4, 0.5) is 5.69 Å². The van der Waals surface area contributed by atoms with E-state index >= 15 is 0 Å². The SMILES string of the molecule is CN(CCO)c1ccccc1S. The predicted octanol–water partition coefficient (Wildman–Crippen LogP) is 1.40. The van der Waals surface area contributed by atoms with Crippen molar-refractivity contribution in [3.63, 3.8) is 0 Å². The van der Waals surface area contributed by atoms with E-state index in [0.717, 1.165) is 10.6 Å². The third-order valence-electron chi connectivity index (χ3n) is 1.73. The topological polar surface area (TPSA) is 23.5 Å². The molecule has 0 fully saturated rings. The van der Waals surface area contributed by atoms with Crippen LogP contribution in [-0.2, 0) is 0 Å². The quantitative estimate of drug-likeness (QED) is 0.692. The van der Waals surface area contributed by atoms with E-state index in [1.165, 1.54) is 0 Å². The third-order valence-corrected chi connectivity index (χ3v) is 2.11. The Bertz CT molecular complexity index is 252. The number of anilines is 1. The fourth-order valence-corrected chi connectivity index (χ4v) is 1.39. The largest absolute Gasteiger partial charge is 0.395 e. The van der Waals surface area contributed by atoms with Crippen molar-refractivity contribution in [3.05, 3.63) is 24.3 Å². The number of aliphatic hydroxyl groups excluding tert-OH is 1. The Balaban J connectivity index is 2.79. The zero-order valence-corrected chi connectivity index (χ0v) is 7.96. The van der Waals surface area contributed by atoms with Crippen LogP contribution < -0.4 is 4.90 Å². The summed E-state index contributed by atoms with van der Waals surface area (Å²) >= 11 is 4.31. The average Bonchev–Trinajstić information content (AvgIpc) is 2.05. The maximum absolute atomic E-state index is 8.72. The first-order valence-corrected chi connectivity index (χ1v) is 4.30. The minimum Gasteiger partial charge on any atom is -0.395 e. The molecule has 0 heterocycles. The van der Waals surface area contributed by atoms with E-state index in [1.54, 1.807) is 0 Å². The van der Waals surface area contributed by atoms with Crippen LogP contribution in [0.15, 0.2) is 29.2 Å². The Morgan fingerprint density at radius 2 is 2.08 bits per heavy atom. The second kappa shape index (κ2) is 4.38. The maximum atomic E-state index is 8.72. The van der Waals surface area contributed by atoms with Crippen molar-refractivity contribution in [2.75, 3.05) is 25.1 Å². The molecule has 66 valence electrons. The number of hydrogen-bond donors (Lipinski definition) is 2. The Kier molecular flexibility index (Phi) is 3.44. The second-order valence-corrected chi connectivity index (χ2v) is 3.12. The number of hydrogen-bond acceptors (Lipinski definition) is 3. The fourth-order valence-electron chi connectivity index (χ4n) is 1.06. The molecule has 1 rings (SSSR count). The molecule has 0 unspecified atom stereocenters. The molecule has 2 nitrogen and oxygen atoms in total. The first-order chi connectivity index (χ1) is 5.75. The lowest BCUT2D eigenvalue weighted by Gasteiger charge is -2.19. The van der Waals surface area contributed by atoms with Gasteiger partial charge in [-0.25, -0.2) is 0 Å². The van der Waals surface area contributed by atoms with Crippen molar-refractivity contribution < 1.29 is 5.11 Å². The third kappa shape index (κ3) is 2.16. The van der Waals surface area contributed by atoms with Crippen LogP contribution in [0.1, 0.15) is 0 Å². The fraction of sp³-hybridized carbons (Fsp3) is 0.333. The van der Waals surface area contributed by atoms with Crippen molar-refractivity contribution in [1.29, 1.82) is 0 Å². The molecular formula is C9H13NOS. The molecule has 1 aromatic carbocycles. The number of benzene rings is 1. The van der Waals surface area contributed by atoms with E-state index in [1.807, 2.05) is 36.2 Å². The molecule has 3 heteroatoms. The number of rotatable bonds is 3. The summed E-state index contributed by atoms with van der Waals surface area (Å²) in [5, 5.41) is 8.72. The highest BCUT2D eigenvalue weighted by atomic mass is 32.1. The van der Waals surface area contributed by atoms with Gasteiger partial charge in [0.2, 0.25) is 0 Å². The Morgan fingerprint density at radius 3 is 2.67 bits per heavy atom. The number of nitrogens with zero attached hydrogens (tertiary/aromatic N) is 1. The summed E-state index contributed by atoms with van der Waals surface area (Å²) in [7, 11) is 1.94. The first kappa shape index (κ1) is 9.42. The van der Waals surface area contributed by atoms with E-state index in [-0.39, 0.29) is 6.61 Å². The molecule has 0 aromatic heterocycles. The molecule has 1 N–H and O–H groups in total. The van der Waals surface area contributed by atoms with Gasteiger partial charge in [0.1, 0.15) is 0 Å². The van der Waals surface area contributed by atoms with E-state index < -0.39 is 0 Å². The molecule has 0 saturated carbocycles. The van der Waals surface area contributed by atoms with Crippen LogP contribution in [0.5, 0.6) is 0 Å². The standard InChI is InChI=1S/C9H13NOS/c1-10(6-7-11)8-4-2-3-5-9(8)12/h2-5,11-12H,6-7H2,1H3. The van der Waals surface area contributed by atoms with Gasteiger partial charge in [-0.1, -0.05) is 12.1 Å². The summed E-state index contributed by atoms with van der Waals surface area (Å²) in [6.07, 6.45) is 0. The van der Waals surface area contributed by atoms with E-state index in [0.29, 0.717) is 6.54 Å².